The van der Waals surface area contributed by atoms with Gasteiger partial charge in [0, 0.05) is 16.6 Å². The lowest BCUT2D eigenvalue weighted by Gasteiger charge is -2.04. The lowest BCUT2D eigenvalue weighted by molar-refractivity contribution is -0.345. The van der Waals surface area contributed by atoms with E-state index < -0.39 is 18.0 Å². The number of carboxylic acids is 2. The number of hydrogen-bond acceptors (Lipinski definition) is 7. The summed E-state index contributed by atoms with van der Waals surface area (Å²) in [5.41, 5.74) is 0.582. The topological polar surface area (TPSA) is 131 Å². The van der Waals surface area contributed by atoms with Gasteiger partial charge in [-0.25, -0.2) is 4.79 Å². The molecule has 0 atom stereocenters. The van der Waals surface area contributed by atoms with Crippen LogP contribution >= 0.6 is 23.2 Å². The molecule has 0 saturated heterocycles. The summed E-state index contributed by atoms with van der Waals surface area (Å²) in [6.45, 7) is 1.42. The normalized spacial score (nSPS) is 9.00. The van der Waals surface area contributed by atoms with Crippen molar-refractivity contribution in [2.75, 3.05) is 30.9 Å². The second kappa shape index (κ2) is 14.8. The molecule has 0 aliphatic carbocycles. The minimum Gasteiger partial charge on any atom is -0.543 e. The van der Waals surface area contributed by atoms with E-state index in [1.54, 1.807) is 24.3 Å². The minimum atomic E-state index is -2.19. The molecule has 10 heteroatoms. The number of alkyl halides is 1. The fourth-order valence-corrected chi connectivity index (χ4v) is 1.60. The number of benzene rings is 1. The third kappa shape index (κ3) is 13.9. The molecule has 0 bridgehead atoms. The van der Waals surface area contributed by atoms with Crippen LogP contribution in [0.25, 0.3) is 0 Å². The second-order valence-electron chi connectivity index (χ2n) is 4.36. The predicted octanol–water partition coefficient (Wildman–Crippen LogP) is -0.403. The van der Waals surface area contributed by atoms with Gasteiger partial charge in [0.05, 0.1) is 18.5 Å². The highest BCUT2D eigenvalue weighted by Crippen LogP contribution is 2.14. The van der Waals surface area contributed by atoms with Crippen LogP contribution in [0.5, 0.6) is 0 Å². The molecule has 0 radical (unpaired) electrons. The third-order valence-corrected chi connectivity index (χ3v) is 2.84. The Morgan fingerprint density at radius 1 is 1.15 bits per heavy atom. The van der Waals surface area contributed by atoms with Crippen LogP contribution in [0.3, 0.4) is 0 Å². The van der Waals surface area contributed by atoms with Crippen LogP contribution in [-0.2, 0) is 14.3 Å². The van der Waals surface area contributed by atoms with Gasteiger partial charge in [-0.15, -0.1) is 11.6 Å². The van der Waals surface area contributed by atoms with E-state index in [0.717, 1.165) is 13.0 Å². The minimum absolute atomic E-state index is 0.0452. The fraction of sp³-hybridized carbons (Fsp3) is 0.312. The average Bonchev–Trinajstić information content (AvgIpc) is 2.57. The van der Waals surface area contributed by atoms with Crippen molar-refractivity contribution in [2.24, 2.45) is 0 Å². The average molecular weight is 403 g/mol. The Morgan fingerprint density at radius 2 is 1.85 bits per heavy atom. The third-order valence-electron chi connectivity index (χ3n) is 2.34. The summed E-state index contributed by atoms with van der Waals surface area (Å²) in [5.74, 6) is 1.84. The number of rotatable bonds is 6. The standard InChI is InChI=1S/C14H16Cl2N2O2.C2H2O4/c15-7-4-9-17-8-1-2-10-20-14(19)18-13-6-3-5-12(16)11-13;3-1(4)2(5)6/h3,5-6,11,17H,4,7-10H2,(H,18,19);(H,3,4)(H,5,6)/p-2. The molecular weight excluding hydrogens is 387 g/mol. The Morgan fingerprint density at radius 3 is 2.42 bits per heavy atom. The molecule has 0 fully saturated rings. The number of halogens is 2. The molecule has 1 aromatic rings. The van der Waals surface area contributed by atoms with Crippen molar-refractivity contribution in [1.82, 2.24) is 5.32 Å². The molecular formula is C16H16Cl2N2O6-2. The molecule has 142 valence electrons. The molecule has 2 N–H and O–H groups in total. The SMILES string of the molecule is O=C(Nc1cccc(Cl)c1)OCC#CCNCCCCl.O=C([O-])C(=O)[O-]. The van der Waals surface area contributed by atoms with Crippen molar-refractivity contribution in [1.29, 1.82) is 0 Å². The Hall–Kier alpha value is -2.47. The van der Waals surface area contributed by atoms with Crippen LogP contribution < -0.4 is 20.8 Å². The van der Waals surface area contributed by atoms with Gasteiger partial charge < -0.3 is 29.9 Å². The van der Waals surface area contributed by atoms with Gasteiger partial charge in [0.25, 0.3) is 0 Å². The van der Waals surface area contributed by atoms with Crippen molar-refractivity contribution in [3.8, 4) is 11.8 Å². The van der Waals surface area contributed by atoms with Crippen LogP contribution in [0.1, 0.15) is 6.42 Å². The van der Waals surface area contributed by atoms with E-state index in [4.69, 9.17) is 47.7 Å². The molecule has 8 nitrogen and oxygen atoms in total. The number of amides is 1. The molecule has 1 amide bonds. The maximum absolute atomic E-state index is 11.4. The quantitative estimate of drug-likeness (QED) is 0.286. The van der Waals surface area contributed by atoms with Crippen molar-refractivity contribution in [2.45, 2.75) is 6.42 Å². The van der Waals surface area contributed by atoms with Crippen LogP contribution in [0.2, 0.25) is 5.02 Å². The maximum Gasteiger partial charge on any atom is 0.412 e. The lowest BCUT2D eigenvalue weighted by atomic mass is 10.3. The summed E-state index contributed by atoms with van der Waals surface area (Å²) in [4.78, 5) is 29.3. The Balaban J connectivity index is 0.000000896. The fourth-order valence-electron chi connectivity index (χ4n) is 1.28. The zero-order chi connectivity index (χ0) is 19.8. The van der Waals surface area contributed by atoms with E-state index in [1.807, 2.05) is 0 Å². The number of carboxylic acid groups (broad SMARTS) is 2. The van der Waals surface area contributed by atoms with Crippen molar-refractivity contribution < 1.29 is 29.3 Å². The van der Waals surface area contributed by atoms with E-state index in [9.17, 15) is 4.79 Å². The molecule has 0 aromatic heterocycles. The molecule has 0 unspecified atom stereocenters. The van der Waals surface area contributed by atoms with Gasteiger partial charge in [0.1, 0.15) is 0 Å². The predicted molar refractivity (Wildman–Crippen MR) is 92.4 cm³/mol. The number of carbonyl (C=O) groups is 3. The maximum atomic E-state index is 11.4. The van der Waals surface area contributed by atoms with Gasteiger partial charge in [0.2, 0.25) is 0 Å². The molecule has 26 heavy (non-hydrogen) atoms. The Labute approximate surface area is 160 Å². The van der Waals surface area contributed by atoms with Gasteiger partial charge in [-0.1, -0.05) is 29.5 Å². The molecule has 1 rings (SSSR count). The molecule has 0 aliphatic rings. The van der Waals surface area contributed by atoms with E-state index in [0.29, 0.717) is 23.1 Å². The molecule has 0 aliphatic heterocycles. The van der Waals surface area contributed by atoms with E-state index in [1.165, 1.54) is 0 Å². The molecule has 0 spiro atoms. The monoisotopic (exact) mass is 402 g/mol. The van der Waals surface area contributed by atoms with Gasteiger partial charge in [0.15, 0.2) is 6.61 Å². The highest BCUT2D eigenvalue weighted by Gasteiger charge is 2.01. The summed E-state index contributed by atoms with van der Waals surface area (Å²) >= 11 is 11.3. The highest BCUT2D eigenvalue weighted by atomic mass is 35.5. The molecule has 0 saturated carbocycles. The number of carbonyl (C=O) groups excluding carboxylic acids is 3. The first-order valence-corrected chi connectivity index (χ1v) is 8.12. The van der Waals surface area contributed by atoms with Crippen LogP contribution in [0, 0.1) is 11.8 Å². The number of hydrogen-bond donors (Lipinski definition) is 2. The first-order chi connectivity index (χ1) is 12.4. The Kier molecular flexibility index (Phi) is 13.4. The zero-order valence-electron chi connectivity index (χ0n) is 13.6. The van der Waals surface area contributed by atoms with Gasteiger partial charge >= 0.3 is 6.09 Å². The largest absolute Gasteiger partial charge is 0.543 e. The first kappa shape index (κ1) is 23.5. The number of ether oxygens (including phenoxy) is 1. The lowest BCUT2D eigenvalue weighted by Crippen LogP contribution is -2.42. The van der Waals surface area contributed by atoms with E-state index in [2.05, 4.69) is 22.5 Å². The number of aliphatic carboxylic acids is 2. The Bertz CT molecular complexity index is 646. The van der Waals surface area contributed by atoms with Crippen molar-refractivity contribution in [3.05, 3.63) is 29.3 Å². The van der Waals surface area contributed by atoms with Gasteiger partial charge in [-0.3, -0.25) is 5.32 Å². The number of nitrogens with one attached hydrogen (secondary N) is 2. The van der Waals surface area contributed by atoms with Crippen LogP contribution in [0.4, 0.5) is 10.5 Å². The van der Waals surface area contributed by atoms with Crippen LogP contribution in [-0.4, -0.2) is 43.6 Å². The number of anilines is 1. The summed E-state index contributed by atoms with van der Waals surface area (Å²) in [6.07, 6.45) is 0.346. The summed E-state index contributed by atoms with van der Waals surface area (Å²) in [7, 11) is 0. The van der Waals surface area contributed by atoms with Gasteiger partial charge in [-0.05, 0) is 31.2 Å². The van der Waals surface area contributed by atoms with Crippen molar-refractivity contribution >= 4 is 46.9 Å². The highest BCUT2D eigenvalue weighted by molar-refractivity contribution is 6.30. The summed E-state index contributed by atoms with van der Waals surface area (Å²) < 4.78 is 4.90. The zero-order valence-corrected chi connectivity index (χ0v) is 15.1. The smallest absolute Gasteiger partial charge is 0.412 e. The summed E-state index contributed by atoms with van der Waals surface area (Å²) in [6, 6.07) is 6.82. The van der Waals surface area contributed by atoms with Crippen LogP contribution in [0.15, 0.2) is 24.3 Å². The van der Waals surface area contributed by atoms with Gasteiger partial charge in [-0.2, -0.15) is 0 Å². The van der Waals surface area contributed by atoms with Crippen molar-refractivity contribution in [3.63, 3.8) is 0 Å². The first-order valence-electron chi connectivity index (χ1n) is 7.21. The van der Waals surface area contributed by atoms with E-state index >= 15 is 0 Å². The second-order valence-corrected chi connectivity index (χ2v) is 5.17. The summed E-state index contributed by atoms with van der Waals surface area (Å²) in [5, 5.41) is 24.0. The molecule has 1 aromatic carbocycles. The van der Waals surface area contributed by atoms with E-state index in [-0.39, 0.29) is 6.61 Å². The molecule has 0 heterocycles.